The third kappa shape index (κ3) is 9.98. The van der Waals surface area contributed by atoms with Gasteiger partial charge < -0.3 is 54.2 Å². The number of esters is 1. The van der Waals surface area contributed by atoms with E-state index in [-0.39, 0.29) is 50.3 Å². The van der Waals surface area contributed by atoms with E-state index in [1.165, 1.54) is 0 Å². The van der Waals surface area contributed by atoms with E-state index >= 15 is 0 Å². The van der Waals surface area contributed by atoms with Gasteiger partial charge in [-0.2, -0.15) is 0 Å². The predicted molar refractivity (Wildman–Crippen MR) is 213 cm³/mol. The fraction of sp³-hybridized carbons (Fsp3) is 0.767. The van der Waals surface area contributed by atoms with Crippen LogP contribution in [0.5, 0.6) is 0 Å². The number of aliphatic hydroxyl groups is 2. The van der Waals surface area contributed by atoms with Gasteiger partial charge in [0, 0.05) is 23.8 Å². The molecule has 2 bridgehead atoms. The van der Waals surface area contributed by atoms with Crippen LogP contribution < -0.4 is 10.6 Å². The molecule has 4 fully saturated rings. The summed E-state index contributed by atoms with van der Waals surface area (Å²) in [6.07, 6.45) is -5.13. The quantitative estimate of drug-likeness (QED) is 0.217. The summed E-state index contributed by atoms with van der Waals surface area (Å²) in [5.74, 6) is -4.33. The molecule has 0 radical (unpaired) electrons. The van der Waals surface area contributed by atoms with E-state index in [4.69, 9.17) is 28.4 Å². The van der Waals surface area contributed by atoms with Crippen molar-refractivity contribution in [3.63, 3.8) is 0 Å². The van der Waals surface area contributed by atoms with E-state index in [0.29, 0.717) is 19.3 Å². The number of nitrogens with zero attached hydrogens (tertiary/aromatic N) is 1. The number of aliphatic hydroxyl groups excluding tert-OH is 1. The molecule has 4 heterocycles. The molecule has 2 amide bonds. The van der Waals surface area contributed by atoms with Crippen molar-refractivity contribution in [3.05, 3.63) is 35.9 Å². The largest absolute Gasteiger partial charge is 0.458 e. The molecule has 326 valence electrons. The highest BCUT2D eigenvalue weighted by atomic mass is 16.7. The molecule has 4 saturated heterocycles. The molecule has 0 spiro atoms. The zero-order chi connectivity index (χ0) is 42.7. The number of hydrogen-bond acceptors (Lipinski definition) is 13. The number of ketones is 1. The molecule has 0 aromatic heterocycles. The van der Waals surface area contributed by atoms with Crippen molar-refractivity contribution in [1.29, 1.82) is 0 Å². The molecule has 5 rings (SSSR count). The maximum atomic E-state index is 14.5. The highest BCUT2D eigenvalue weighted by Crippen LogP contribution is 2.42. The molecule has 4 aliphatic rings. The molecule has 1 unspecified atom stereocenters. The average molecular weight is 818 g/mol. The molecule has 15 nitrogen and oxygen atoms in total. The van der Waals surface area contributed by atoms with Crippen LogP contribution in [0.15, 0.2) is 30.3 Å². The summed E-state index contributed by atoms with van der Waals surface area (Å²) in [4.78, 5) is 57.7. The zero-order valence-electron chi connectivity index (χ0n) is 35.9. The van der Waals surface area contributed by atoms with Crippen LogP contribution in [0.2, 0.25) is 0 Å². The van der Waals surface area contributed by atoms with Crippen LogP contribution in [-0.2, 0) is 44.4 Å². The summed E-state index contributed by atoms with van der Waals surface area (Å²) in [5, 5.41) is 29.4. The Balaban J connectivity index is 1.62. The van der Waals surface area contributed by atoms with Gasteiger partial charge in [-0.3, -0.25) is 9.59 Å². The van der Waals surface area contributed by atoms with Crippen molar-refractivity contribution in [2.45, 2.75) is 160 Å². The van der Waals surface area contributed by atoms with Gasteiger partial charge in [-0.15, -0.1) is 0 Å². The lowest BCUT2D eigenvalue weighted by atomic mass is 9.73. The molecule has 0 aliphatic carbocycles. The minimum atomic E-state index is -1.62. The molecule has 1 aromatic carbocycles. The first-order valence-electron chi connectivity index (χ1n) is 21.0. The lowest BCUT2D eigenvalue weighted by molar-refractivity contribution is -0.299. The van der Waals surface area contributed by atoms with Gasteiger partial charge in [0.15, 0.2) is 11.9 Å². The SMILES string of the molecule is CC[C@H]1OC(=O)[C@H](C)[C@H]2OCC(O)(CCCc3ccccc3)CNC(=O)O[C@](C)(C[C@@H](C)C(=O)[C@H](C)[C@@H]3NC(=O)O[C@]13C)[C@H](O[C@@H]1O[C@H](C)C[C@H](N(C)C)[C@H]1O)[C@H]2C. The number of rotatable bonds is 8. The van der Waals surface area contributed by atoms with Gasteiger partial charge in [0.05, 0.1) is 37.3 Å². The standard InChI is InChI=1S/C43H67N3O12/c1-11-31-42(8)35(45-40(51)58-42)26(4)32(47)24(2)21-41(7)36(56-38-33(48)30(46(9)10)20-25(3)54-38)27(5)34(28(6)37(49)55-31)53-23-43(52,22-44-39(50)57-41)19-15-18-29-16-13-12-14-17-29/h12-14,16-17,24-28,30-31,33-36,38,48,52H,11,15,18-23H2,1-10H3,(H,44,50)(H,45,51)/t24-,25-,26+,27+,28-,30+,31-,33-,34+,35+,36-,38+,41-,42-,43?/m1/s1. The number of hydrogen-bond donors (Lipinski definition) is 4. The number of cyclic esters (lactones) is 1. The number of fused-ring (bicyclic) bond motifs is 4. The average Bonchev–Trinajstić information content (AvgIpc) is 3.48. The van der Waals surface area contributed by atoms with E-state index in [2.05, 4.69) is 10.6 Å². The van der Waals surface area contributed by atoms with E-state index in [9.17, 15) is 29.4 Å². The second-order valence-electron chi connectivity index (χ2n) is 18.0. The molecule has 1 aromatic rings. The Hall–Kier alpha value is -3.34. The van der Waals surface area contributed by atoms with Gasteiger partial charge in [0.2, 0.25) is 0 Å². The molecule has 0 saturated carbocycles. The van der Waals surface area contributed by atoms with Crippen LogP contribution >= 0.6 is 0 Å². The Bertz CT molecular complexity index is 1600. The molecule has 4 N–H and O–H groups in total. The highest BCUT2D eigenvalue weighted by molar-refractivity contribution is 5.85. The number of carbonyl (C=O) groups is 4. The molecular formula is C43H67N3O12. The summed E-state index contributed by atoms with van der Waals surface area (Å²) in [7, 11) is 3.72. The topological polar surface area (TPSA) is 191 Å². The van der Waals surface area contributed by atoms with E-state index in [1.807, 2.05) is 63.2 Å². The second-order valence-corrected chi connectivity index (χ2v) is 18.0. The van der Waals surface area contributed by atoms with E-state index in [1.54, 1.807) is 41.5 Å². The fourth-order valence-electron chi connectivity index (χ4n) is 9.74. The number of β-amino-alcohol motifs (C(OH)–C–C–N with tert-alkyl or cyclic N) is 1. The van der Waals surface area contributed by atoms with Crippen LogP contribution in [0.1, 0.15) is 93.1 Å². The summed E-state index contributed by atoms with van der Waals surface area (Å²) in [5.41, 5.74) is -3.51. The zero-order valence-corrected chi connectivity index (χ0v) is 35.9. The number of benzene rings is 1. The van der Waals surface area contributed by atoms with Crippen LogP contribution in [-0.4, -0.2) is 132 Å². The number of likely N-dealkylation sites (N-methyl/N-ethyl adjacent to an activating group) is 1. The number of Topliss-reactive ketones (excluding diaryl/α,β-unsaturated/α-hetero) is 1. The van der Waals surface area contributed by atoms with Gasteiger partial charge in [-0.25, -0.2) is 9.59 Å². The van der Waals surface area contributed by atoms with Crippen molar-refractivity contribution in [2.24, 2.45) is 23.7 Å². The number of amides is 2. The monoisotopic (exact) mass is 817 g/mol. The Kier molecular flexibility index (Phi) is 14.6. The van der Waals surface area contributed by atoms with Crippen LogP contribution in [0.4, 0.5) is 9.59 Å². The van der Waals surface area contributed by atoms with Crippen molar-refractivity contribution in [2.75, 3.05) is 27.2 Å². The van der Waals surface area contributed by atoms with E-state index < -0.39 is 95.4 Å². The first-order chi connectivity index (χ1) is 27.2. The highest BCUT2D eigenvalue weighted by Gasteiger charge is 2.58. The second kappa shape index (κ2) is 18.5. The molecular weight excluding hydrogens is 750 g/mol. The number of aryl methyl sites for hydroxylation is 1. The molecule has 15 heteroatoms. The van der Waals surface area contributed by atoms with Gasteiger partial charge in [-0.1, -0.05) is 58.0 Å². The number of ether oxygens (including phenoxy) is 6. The lowest BCUT2D eigenvalue weighted by Gasteiger charge is -2.48. The Labute approximate surface area is 343 Å². The first-order valence-corrected chi connectivity index (χ1v) is 21.0. The Morgan fingerprint density at radius 1 is 0.966 bits per heavy atom. The predicted octanol–water partition coefficient (Wildman–Crippen LogP) is 4.14. The summed E-state index contributed by atoms with van der Waals surface area (Å²) in [6.45, 7) is 13.4. The minimum Gasteiger partial charge on any atom is -0.458 e. The Morgan fingerprint density at radius 2 is 1.66 bits per heavy atom. The van der Waals surface area contributed by atoms with Gasteiger partial charge >= 0.3 is 18.2 Å². The number of carbonyl (C=O) groups excluding carboxylic acids is 4. The summed E-state index contributed by atoms with van der Waals surface area (Å²) >= 11 is 0. The van der Waals surface area contributed by atoms with Crippen molar-refractivity contribution < 1.29 is 57.8 Å². The molecule has 4 aliphatic heterocycles. The third-order valence-electron chi connectivity index (χ3n) is 13.0. The number of nitrogens with one attached hydrogen (secondary N) is 2. The minimum absolute atomic E-state index is 0.0591. The maximum absolute atomic E-state index is 14.5. The summed E-state index contributed by atoms with van der Waals surface area (Å²) in [6, 6.07) is 8.65. The Morgan fingerprint density at radius 3 is 2.31 bits per heavy atom. The number of alkyl carbamates (subject to hydrolysis) is 2. The van der Waals surface area contributed by atoms with Crippen molar-refractivity contribution in [3.8, 4) is 0 Å². The van der Waals surface area contributed by atoms with Crippen LogP contribution in [0.25, 0.3) is 0 Å². The van der Waals surface area contributed by atoms with Crippen molar-refractivity contribution >= 4 is 23.9 Å². The smallest absolute Gasteiger partial charge is 0.408 e. The molecule has 15 atom stereocenters. The van der Waals surface area contributed by atoms with E-state index in [0.717, 1.165) is 5.56 Å². The fourth-order valence-corrected chi connectivity index (χ4v) is 9.74. The van der Waals surface area contributed by atoms with Gasteiger partial charge in [0.1, 0.15) is 35.3 Å². The molecule has 58 heavy (non-hydrogen) atoms. The third-order valence-corrected chi connectivity index (χ3v) is 13.0. The van der Waals surface area contributed by atoms with Gasteiger partial charge in [0.25, 0.3) is 0 Å². The summed E-state index contributed by atoms with van der Waals surface area (Å²) < 4.78 is 38.2. The first kappa shape index (κ1) is 45.7. The van der Waals surface area contributed by atoms with Gasteiger partial charge in [-0.05, 0) is 85.9 Å². The maximum Gasteiger partial charge on any atom is 0.408 e. The normalized spacial score (nSPS) is 41.9. The van der Waals surface area contributed by atoms with Crippen LogP contribution in [0.3, 0.4) is 0 Å². The van der Waals surface area contributed by atoms with Crippen molar-refractivity contribution in [1.82, 2.24) is 15.5 Å². The lowest BCUT2D eigenvalue weighted by Crippen LogP contribution is -2.61. The van der Waals surface area contributed by atoms with Crippen LogP contribution in [0, 0.1) is 23.7 Å².